The summed E-state index contributed by atoms with van der Waals surface area (Å²) < 4.78 is 5.00. The van der Waals surface area contributed by atoms with Gasteiger partial charge < -0.3 is 50.5 Å². The smallest absolute Gasteiger partial charge is 0.322 e. The third-order valence-corrected chi connectivity index (χ3v) is 17.9. The lowest BCUT2D eigenvalue weighted by molar-refractivity contribution is -0.142. The van der Waals surface area contributed by atoms with E-state index in [-0.39, 0.29) is 36.3 Å². The zero-order valence-electron chi connectivity index (χ0n) is 49.8. The lowest BCUT2D eigenvalue weighted by Crippen LogP contribution is -2.50. The van der Waals surface area contributed by atoms with E-state index >= 15 is 0 Å². The predicted molar refractivity (Wildman–Crippen MR) is 356 cm³/mol. The van der Waals surface area contributed by atoms with Crippen molar-refractivity contribution in [3.8, 4) is 0 Å². The Labute approximate surface area is 536 Å². The van der Waals surface area contributed by atoms with Gasteiger partial charge in [-0.2, -0.15) is 0 Å². The van der Waals surface area contributed by atoms with Crippen molar-refractivity contribution in [3.05, 3.63) is 169 Å². The molecule has 0 atom stereocenters. The lowest BCUT2D eigenvalue weighted by Gasteiger charge is -2.36. The number of hydrogen-bond donors (Lipinski definition) is 4. The molecule has 0 bridgehead atoms. The maximum atomic E-state index is 13.1. The van der Waals surface area contributed by atoms with E-state index in [2.05, 4.69) is 51.8 Å². The molecule has 4 N–H and O–H groups in total. The molecule has 5 aliphatic rings. The summed E-state index contributed by atoms with van der Waals surface area (Å²) in [7, 11) is 0. The molecule has 464 valence electrons. The van der Waals surface area contributed by atoms with Gasteiger partial charge in [-0.15, -0.1) is 0 Å². The monoisotopic (exact) mass is 1270 g/mol. The molecule has 6 aromatic rings. The average molecular weight is 1270 g/mol. The molecule has 5 saturated heterocycles. The molecule has 5 heterocycles. The SMILES string of the molecule is CCOC(=O)Cc1cccc(C(=O)Nc2ccc(N3CCN(C(=O)Nc4c(Cl)cc(CN5CCCCC5)cc4Cl)CC3)cc2)c1.O=C(Nc1cccc(N2CCCC2)c1)c1ccc(N2CCN(C(=O)Nc3c(Cl)cc(CN4CCCC4)cc3Cl)CC2)cc1. The first kappa shape index (κ1) is 63.8. The summed E-state index contributed by atoms with van der Waals surface area (Å²) in [5.74, 6) is -0.716. The van der Waals surface area contributed by atoms with Gasteiger partial charge in [0, 0.05) is 118 Å². The van der Waals surface area contributed by atoms with Crippen molar-refractivity contribution in [1.29, 1.82) is 0 Å². The molecular formula is C67H77Cl4N11O6. The number of piperidine rings is 1. The number of nitrogens with one attached hydrogen (secondary N) is 4. The molecule has 6 amide bonds. The summed E-state index contributed by atoms with van der Waals surface area (Å²) >= 11 is 26.2. The topological polar surface area (TPSA) is 165 Å². The van der Waals surface area contributed by atoms with Gasteiger partial charge in [0.1, 0.15) is 0 Å². The molecule has 0 unspecified atom stereocenters. The Kier molecular flexibility index (Phi) is 22.3. The summed E-state index contributed by atoms with van der Waals surface area (Å²) in [4.78, 5) is 78.8. The summed E-state index contributed by atoms with van der Waals surface area (Å²) in [6.07, 6.45) is 8.69. The summed E-state index contributed by atoms with van der Waals surface area (Å²) in [6.45, 7) is 15.0. The molecule has 0 radical (unpaired) electrons. The van der Waals surface area contributed by atoms with Crippen molar-refractivity contribution >= 4 is 116 Å². The molecule has 0 aromatic heterocycles. The first-order valence-corrected chi connectivity index (χ1v) is 32.2. The highest BCUT2D eigenvalue weighted by atomic mass is 35.5. The van der Waals surface area contributed by atoms with Gasteiger partial charge in [0.15, 0.2) is 0 Å². The van der Waals surface area contributed by atoms with Gasteiger partial charge in [0.25, 0.3) is 11.8 Å². The number of ether oxygens (including phenoxy) is 1. The fraction of sp³-hybridized carbons (Fsp3) is 0.388. The second-order valence-corrected chi connectivity index (χ2v) is 24.6. The Morgan fingerprint density at radius 1 is 0.409 bits per heavy atom. The van der Waals surface area contributed by atoms with Crippen LogP contribution in [0.3, 0.4) is 0 Å². The van der Waals surface area contributed by atoms with Crippen LogP contribution in [0.5, 0.6) is 0 Å². The van der Waals surface area contributed by atoms with Crippen molar-refractivity contribution in [2.75, 3.05) is 134 Å². The Bertz CT molecular complexity index is 3350. The number of halogens is 4. The first-order chi connectivity index (χ1) is 42.7. The molecule has 21 heteroatoms. The van der Waals surface area contributed by atoms with E-state index in [1.54, 1.807) is 41.0 Å². The highest BCUT2D eigenvalue weighted by Crippen LogP contribution is 2.35. The fourth-order valence-electron chi connectivity index (χ4n) is 11.9. The number of anilines is 7. The largest absolute Gasteiger partial charge is 0.466 e. The molecule has 0 spiro atoms. The van der Waals surface area contributed by atoms with E-state index in [1.165, 1.54) is 44.9 Å². The second kappa shape index (κ2) is 30.8. The van der Waals surface area contributed by atoms with Crippen molar-refractivity contribution in [3.63, 3.8) is 0 Å². The van der Waals surface area contributed by atoms with E-state index in [4.69, 9.17) is 51.1 Å². The molecule has 5 fully saturated rings. The number of carbonyl (C=O) groups is 5. The first-order valence-electron chi connectivity index (χ1n) is 30.7. The fourth-order valence-corrected chi connectivity index (χ4v) is 13.2. The number of benzene rings is 6. The van der Waals surface area contributed by atoms with Crippen LogP contribution in [0.25, 0.3) is 0 Å². The highest BCUT2D eigenvalue weighted by Gasteiger charge is 2.26. The quantitative estimate of drug-likeness (QED) is 0.0682. The van der Waals surface area contributed by atoms with Crippen molar-refractivity contribution in [1.82, 2.24) is 19.6 Å². The number of esters is 1. The third kappa shape index (κ3) is 17.3. The number of hydrogen-bond acceptors (Lipinski definition) is 11. The minimum Gasteiger partial charge on any atom is -0.466 e. The third-order valence-electron chi connectivity index (χ3n) is 16.7. The van der Waals surface area contributed by atoms with Crippen LogP contribution in [0, 0.1) is 0 Å². The molecule has 88 heavy (non-hydrogen) atoms. The highest BCUT2D eigenvalue weighted by molar-refractivity contribution is 6.40. The van der Waals surface area contributed by atoms with Crippen LogP contribution in [0.2, 0.25) is 20.1 Å². The number of piperazine rings is 2. The van der Waals surface area contributed by atoms with Crippen LogP contribution in [0.4, 0.5) is 49.4 Å². The molecule has 11 rings (SSSR count). The second-order valence-electron chi connectivity index (χ2n) is 22.9. The van der Waals surface area contributed by atoms with Gasteiger partial charge in [-0.3, -0.25) is 24.2 Å². The van der Waals surface area contributed by atoms with Gasteiger partial charge in [0.05, 0.1) is 44.5 Å². The minimum atomic E-state index is -0.325. The number of urea groups is 2. The summed E-state index contributed by atoms with van der Waals surface area (Å²) in [5, 5.41) is 13.6. The van der Waals surface area contributed by atoms with Crippen molar-refractivity contribution in [2.45, 2.75) is 71.4 Å². The normalized spacial score (nSPS) is 16.4. The standard InChI is InChI=1S/C34H39Cl2N5O4.C33H38Cl2N6O2/c1-2-45-31(42)22-24-7-6-8-26(19-24)33(43)37-27-9-11-28(12-10-27)40-15-17-41(18-16-40)34(44)38-32-29(35)20-25(21-30(32)36)23-39-13-4-3-5-14-39;34-29-20-24(23-38-12-1-2-13-38)21-30(35)31(29)37-33(43)41-18-16-40(17-19-41)27-10-8-25(9-11-27)32(42)36-26-6-5-7-28(22-26)39-14-3-4-15-39/h6-12,19-21H,2-5,13-18,22-23H2,1H3,(H,37,43)(H,38,44);5-11,20-22H,1-4,12-19,23H2,(H,36,42)(H,37,43). The average Bonchev–Trinajstić information content (AvgIpc) is 4.40. The van der Waals surface area contributed by atoms with Crippen LogP contribution in [-0.2, 0) is 29.0 Å². The van der Waals surface area contributed by atoms with E-state index in [0.717, 1.165) is 91.8 Å². The Morgan fingerprint density at radius 3 is 1.36 bits per heavy atom. The van der Waals surface area contributed by atoms with Crippen LogP contribution in [-0.4, -0.2) is 148 Å². The Morgan fingerprint density at radius 2 is 0.852 bits per heavy atom. The Hall–Kier alpha value is -7.25. The van der Waals surface area contributed by atoms with Gasteiger partial charge in [-0.25, -0.2) is 9.59 Å². The number of amides is 6. The lowest BCUT2D eigenvalue weighted by atomic mass is 10.1. The van der Waals surface area contributed by atoms with E-state index in [0.29, 0.717) is 107 Å². The van der Waals surface area contributed by atoms with Crippen LogP contribution in [0.1, 0.15) is 89.3 Å². The van der Waals surface area contributed by atoms with Crippen LogP contribution in [0.15, 0.2) is 121 Å². The van der Waals surface area contributed by atoms with E-state index < -0.39 is 0 Å². The molecule has 5 aliphatic heterocycles. The van der Waals surface area contributed by atoms with Gasteiger partial charge in [-0.1, -0.05) is 71.0 Å². The van der Waals surface area contributed by atoms with E-state index in [1.807, 2.05) is 91.0 Å². The Balaban J connectivity index is 0.000000195. The van der Waals surface area contributed by atoms with E-state index in [9.17, 15) is 24.0 Å². The number of carbonyl (C=O) groups excluding carboxylic acids is 5. The maximum absolute atomic E-state index is 13.1. The van der Waals surface area contributed by atoms with Gasteiger partial charge >= 0.3 is 18.0 Å². The summed E-state index contributed by atoms with van der Waals surface area (Å²) in [5.41, 5.74) is 9.41. The maximum Gasteiger partial charge on any atom is 0.322 e. The van der Waals surface area contributed by atoms with Gasteiger partial charge in [0.2, 0.25) is 0 Å². The number of nitrogens with zero attached hydrogens (tertiary/aromatic N) is 7. The molecular weight excluding hydrogens is 1200 g/mol. The summed E-state index contributed by atoms with van der Waals surface area (Å²) in [6, 6.07) is 37.4. The molecule has 17 nitrogen and oxygen atoms in total. The molecule has 0 aliphatic carbocycles. The van der Waals surface area contributed by atoms with Crippen LogP contribution < -0.4 is 36.0 Å². The number of likely N-dealkylation sites (tertiary alicyclic amines) is 2. The zero-order valence-corrected chi connectivity index (χ0v) is 52.8. The minimum absolute atomic E-state index is 0.117. The van der Waals surface area contributed by atoms with Crippen LogP contribution >= 0.6 is 46.4 Å². The van der Waals surface area contributed by atoms with Crippen molar-refractivity contribution < 1.29 is 28.7 Å². The molecule has 6 aromatic carbocycles. The number of rotatable bonds is 16. The van der Waals surface area contributed by atoms with Crippen molar-refractivity contribution in [2.24, 2.45) is 0 Å². The van der Waals surface area contributed by atoms with Gasteiger partial charge in [-0.05, 0) is 191 Å². The zero-order chi connectivity index (χ0) is 61.5. The molecule has 0 saturated carbocycles. The predicted octanol–water partition coefficient (Wildman–Crippen LogP) is 13.5.